The summed E-state index contributed by atoms with van der Waals surface area (Å²) in [6, 6.07) is 46.5. The molecule has 8 aromatic carbocycles. The summed E-state index contributed by atoms with van der Waals surface area (Å²) in [6.07, 6.45) is 44.9. The van der Waals surface area contributed by atoms with Crippen LogP contribution in [0, 0.1) is 30.5 Å². The number of aryl methyl sites for hydroxylation is 3. The highest BCUT2D eigenvalue weighted by Gasteiger charge is 2.26. The van der Waals surface area contributed by atoms with Crippen molar-refractivity contribution in [1.29, 1.82) is 0 Å². The van der Waals surface area contributed by atoms with Gasteiger partial charge < -0.3 is 70.5 Å². The van der Waals surface area contributed by atoms with Crippen molar-refractivity contribution in [3.05, 3.63) is 266 Å². The third-order valence-corrected chi connectivity index (χ3v) is 24.8. The quantitative estimate of drug-likeness (QED) is 0.0261. The number of aromatic nitrogens is 18. The van der Waals surface area contributed by atoms with Crippen molar-refractivity contribution in [2.75, 3.05) is 94.9 Å². The predicted molar refractivity (Wildman–Crippen MR) is 540 cm³/mol. The maximum absolute atomic E-state index is 14.5. The first-order valence-corrected chi connectivity index (χ1v) is 46.7. The van der Waals surface area contributed by atoms with Gasteiger partial charge in [-0.3, -0.25) is 23.7 Å². The maximum Gasteiger partial charge on any atom is 0.227 e. The number of thiazole rings is 1. The van der Waals surface area contributed by atoms with Crippen LogP contribution in [0.4, 0.5) is 50.9 Å². The zero-order valence-corrected chi connectivity index (χ0v) is 78.2. The van der Waals surface area contributed by atoms with E-state index in [2.05, 4.69) is 146 Å². The van der Waals surface area contributed by atoms with E-state index in [0.29, 0.717) is 63.1 Å². The predicted octanol–water partition coefficient (Wildman–Crippen LogP) is 17.3. The molecule has 700 valence electrons. The molecule has 0 amide bonds. The van der Waals surface area contributed by atoms with Crippen LogP contribution in [-0.4, -0.2) is 192 Å². The van der Waals surface area contributed by atoms with Gasteiger partial charge in [-0.2, -0.15) is 20.4 Å². The molecule has 0 radical (unpaired) electrons. The zero-order chi connectivity index (χ0) is 95.1. The summed E-state index contributed by atoms with van der Waals surface area (Å²) in [5.41, 5.74) is 16.9. The molecular formula is C105H101FN26O6S. The molecule has 4 fully saturated rings. The average Bonchev–Trinajstić information content (AvgIpc) is 1.76. The normalized spacial score (nSPS) is 14.9. The number of anilines is 8. The molecule has 4 aliphatic rings. The largest absolute Gasteiger partial charge is 0.494 e. The van der Waals surface area contributed by atoms with Crippen molar-refractivity contribution in [2.45, 2.75) is 69.5 Å². The van der Waals surface area contributed by atoms with Gasteiger partial charge in [-0.1, -0.05) is 30.0 Å². The van der Waals surface area contributed by atoms with Crippen molar-refractivity contribution in [3.8, 4) is 114 Å². The number of nitrogens with one attached hydrogen (secondary N) is 7. The van der Waals surface area contributed by atoms with Gasteiger partial charge in [0.05, 0.1) is 56.0 Å². The van der Waals surface area contributed by atoms with Crippen LogP contribution in [0.1, 0.15) is 55.2 Å². The van der Waals surface area contributed by atoms with Crippen LogP contribution < -0.4 is 65.6 Å². The molecule has 22 rings (SSSR count). The number of likely N-dealkylation sites (tertiary alicyclic amines) is 1. The number of rotatable bonds is 25. The Morgan fingerprint density at radius 1 is 0.432 bits per heavy atom. The van der Waals surface area contributed by atoms with E-state index in [1.54, 1.807) is 120 Å². The summed E-state index contributed by atoms with van der Waals surface area (Å²) < 4.78 is 58.1. The number of fused-ring (bicyclic) bond motifs is 4. The molecule has 0 spiro atoms. The molecule has 0 unspecified atom stereocenters. The minimum atomic E-state index is -0.317. The third-order valence-electron chi connectivity index (χ3n) is 23.9. The zero-order valence-electron chi connectivity index (χ0n) is 77.4. The Morgan fingerprint density at radius 2 is 0.957 bits per heavy atom. The number of terminal acetylenes is 2. The van der Waals surface area contributed by atoms with Crippen molar-refractivity contribution >= 4 is 101 Å². The molecule has 4 aliphatic heterocycles. The number of hydrogen-bond donors (Lipinski definition) is 7. The number of nitrogens with zero attached hydrogens (tertiary/aromatic N) is 19. The number of likely N-dealkylation sites (N-methyl/N-ethyl adjacent to an activating group) is 1. The number of ether oxygens (including phenoxy) is 6. The lowest BCUT2D eigenvalue weighted by atomic mass is 10.0. The average molecular weight is 1870 g/mol. The first-order valence-electron chi connectivity index (χ1n) is 45.8. The number of piperidine rings is 2. The Morgan fingerprint density at radius 3 is 1.46 bits per heavy atom. The van der Waals surface area contributed by atoms with Crippen molar-refractivity contribution in [3.63, 3.8) is 0 Å². The molecule has 7 N–H and O–H groups in total. The number of pyridine rings is 1. The molecule has 0 saturated carbocycles. The highest BCUT2D eigenvalue weighted by molar-refractivity contribution is 7.13. The van der Waals surface area contributed by atoms with Crippen LogP contribution in [-0.2, 0) is 27.7 Å². The SMILES string of the molecule is C#Cc1cc(OC)c2nc(Nc3cc(O[C@@H]4CCN(C)C4)cc(-c4cnn(C)c4)c3)ncc2c1.C#Cc1cc(OC)c2nc(Nc3cc(O[C@H]4CCNC4)cc(-c4cnn(C)c4)c3)ncc2c1.Cn1cc(-c2cc(Nc3ncc4cc(-c5nccs5)c(OC5CCNCC5)cc4n3)ccc2F)cn1.c1cncc(-c2cc3cnc(Nc4ccc(Cn5cccn5)cc4)nc3cc2OC2CCNCC2)c1. The molecule has 0 bridgehead atoms. The van der Waals surface area contributed by atoms with E-state index in [4.69, 9.17) is 51.2 Å². The second kappa shape index (κ2) is 42.7. The fourth-order valence-electron chi connectivity index (χ4n) is 16.9. The maximum atomic E-state index is 14.5. The minimum Gasteiger partial charge on any atom is -0.494 e. The summed E-state index contributed by atoms with van der Waals surface area (Å²) >= 11 is 1.57. The highest BCUT2D eigenvalue weighted by atomic mass is 32.1. The summed E-state index contributed by atoms with van der Waals surface area (Å²) in [7, 11) is 10.9. The summed E-state index contributed by atoms with van der Waals surface area (Å²) in [5.74, 6) is 11.2. The summed E-state index contributed by atoms with van der Waals surface area (Å²) in [6.45, 7) is 8.31. The molecule has 18 aromatic rings. The van der Waals surface area contributed by atoms with Gasteiger partial charge in [0.2, 0.25) is 23.8 Å². The lowest BCUT2D eigenvalue weighted by Gasteiger charge is -2.25. The van der Waals surface area contributed by atoms with E-state index in [9.17, 15) is 4.39 Å². The first kappa shape index (κ1) is 91.7. The first-order chi connectivity index (χ1) is 68.0. The van der Waals surface area contributed by atoms with Gasteiger partial charge in [-0.25, -0.2) is 49.2 Å². The highest BCUT2D eigenvalue weighted by Crippen LogP contribution is 2.41. The molecule has 10 aromatic heterocycles. The van der Waals surface area contributed by atoms with Crippen LogP contribution in [0.5, 0.6) is 34.5 Å². The summed E-state index contributed by atoms with van der Waals surface area (Å²) in [4.78, 5) is 48.0. The van der Waals surface area contributed by atoms with Gasteiger partial charge >= 0.3 is 0 Å². The van der Waals surface area contributed by atoms with Crippen LogP contribution >= 0.6 is 11.3 Å². The standard InChI is InChI=1S/C28H27N7O.C26H24FN7OS.C26H26N6O2.C25H24N6O2/c1-3-21(17-30-10-1)25-15-22-18-31-28(34-26(22)16-27(25)36-24-8-12-29-13-9-24)33-23-6-4-20(5-7-23)19-35-14-2-11-32-35;1-34-15-17(14-31-34)20-11-18(2-3-22(20)27)32-26-30-13-16-10-21(25-29-8-9-36-25)24(12-23(16)33-26)35-19-4-6-28-7-5-19;1-5-17-8-19-13-27-26(30-25(19)24(9-17)33-4)29-21-10-18(20-14-28-32(3)15-20)11-23(12-21)34-22-6-7-31(2)16-22;1-4-16-7-18-12-27-25(30-24(18)23(8-16)32-3)29-20-9-17(19-13-28-31(2)15-19)10-22(11-20)33-21-5-6-26-14-21/h1-7,10-11,14-18,24,29H,8-9,12-13,19H2,(H,31,33,34);2-3,8-15,19,28H,4-7H2,1H3,(H,30,32,33);1,8-15,22H,6-7,16H2,2-4H3,(H,27,29,30);1,7-13,15,21,26H,5-6,14H2,2-3H3,(H,27,29,30)/t;;22-;21-/m..10/s1. The third kappa shape index (κ3) is 22.9. The van der Waals surface area contributed by atoms with E-state index in [-0.39, 0.29) is 30.2 Å². The lowest BCUT2D eigenvalue weighted by molar-refractivity contribution is 0.163. The molecule has 2 atom stereocenters. The topological polar surface area (TPSA) is 343 Å². The second-order valence-electron chi connectivity index (χ2n) is 34.1. The van der Waals surface area contributed by atoms with Gasteiger partial charge in [0.15, 0.2) is 0 Å². The van der Waals surface area contributed by atoms with Crippen LogP contribution in [0.15, 0.2) is 244 Å². The van der Waals surface area contributed by atoms with Gasteiger partial charge in [-0.05, 0) is 198 Å². The smallest absolute Gasteiger partial charge is 0.227 e. The fraction of sp³-hybridized carbons (Fsp3) is 0.238. The van der Waals surface area contributed by atoms with E-state index < -0.39 is 0 Å². The Hall–Kier alpha value is -16.4. The molecule has 139 heavy (non-hydrogen) atoms. The van der Waals surface area contributed by atoms with Crippen LogP contribution in [0.2, 0.25) is 0 Å². The molecule has 0 aliphatic carbocycles. The number of methoxy groups -OCH3 is 2. The second-order valence-corrected chi connectivity index (χ2v) is 35.0. The number of hydrogen-bond acceptors (Lipinski definition) is 29. The Labute approximate surface area is 805 Å². The Bertz CT molecular complexity index is 7440. The molecular weight excluding hydrogens is 1770 g/mol. The fourth-order valence-corrected chi connectivity index (χ4v) is 17.6. The van der Waals surface area contributed by atoms with E-state index in [1.165, 1.54) is 11.6 Å². The minimum absolute atomic E-state index is 0.145. The lowest BCUT2D eigenvalue weighted by Crippen LogP contribution is -2.34. The van der Waals surface area contributed by atoms with E-state index in [0.717, 1.165) is 225 Å². The molecule has 32 nitrogen and oxygen atoms in total. The van der Waals surface area contributed by atoms with E-state index in [1.807, 2.05) is 159 Å². The molecule has 34 heteroatoms. The number of halogens is 1. The van der Waals surface area contributed by atoms with Gasteiger partial charge in [0.1, 0.15) is 80.8 Å². The monoisotopic (exact) mass is 1870 g/mol. The van der Waals surface area contributed by atoms with Crippen LogP contribution in [0.3, 0.4) is 0 Å². The Balaban J connectivity index is 0.000000118. The van der Waals surface area contributed by atoms with Crippen molar-refractivity contribution in [1.82, 2.24) is 110 Å². The summed E-state index contributed by atoms with van der Waals surface area (Å²) in [5, 5.41) is 46.6. The van der Waals surface area contributed by atoms with Gasteiger partial charge in [0, 0.05) is 234 Å². The van der Waals surface area contributed by atoms with E-state index >= 15 is 0 Å². The Kier molecular flexibility index (Phi) is 28.2. The molecule has 14 heterocycles. The number of benzene rings is 8. The van der Waals surface area contributed by atoms with Crippen molar-refractivity contribution in [2.24, 2.45) is 21.1 Å². The van der Waals surface area contributed by atoms with Crippen molar-refractivity contribution < 1.29 is 32.8 Å². The van der Waals surface area contributed by atoms with Gasteiger partial charge in [0.25, 0.3) is 0 Å². The molecule has 4 saturated heterocycles. The van der Waals surface area contributed by atoms with Gasteiger partial charge in [-0.15, -0.1) is 24.2 Å². The van der Waals surface area contributed by atoms with Crippen LogP contribution in [0.25, 0.3) is 98.7 Å².